The highest BCUT2D eigenvalue weighted by atomic mass is 16.6. The van der Waals surface area contributed by atoms with E-state index in [4.69, 9.17) is 15.2 Å². The van der Waals surface area contributed by atoms with Crippen molar-refractivity contribution in [1.29, 1.82) is 0 Å². The number of nitrogens with zero attached hydrogens (tertiary/aromatic N) is 4. The maximum atomic E-state index is 11.4. The molecule has 1 aromatic carbocycles. The molecule has 5 N–H and O–H groups in total. The van der Waals surface area contributed by atoms with Gasteiger partial charge in [-0.05, 0) is 42.5 Å². The summed E-state index contributed by atoms with van der Waals surface area (Å²) in [5, 5.41) is 32.0. The molecular weight excluding hydrogens is 402 g/mol. The van der Waals surface area contributed by atoms with Gasteiger partial charge >= 0.3 is 0 Å². The molecule has 3 aromatic rings. The monoisotopic (exact) mass is 427 g/mol. The molecule has 0 amide bonds. The molecule has 2 aliphatic rings. The zero-order chi connectivity index (χ0) is 21.8. The molecule has 1 aliphatic heterocycles. The summed E-state index contributed by atoms with van der Waals surface area (Å²) in [6, 6.07) is 5.87. The van der Waals surface area contributed by atoms with Crippen molar-refractivity contribution in [2.24, 2.45) is 0 Å². The van der Waals surface area contributed by atoms with Gasteiger partial charge in [0.25, 0.3) is 0 Å². The maximum absolute atomic E-state index is 11.4. The van der Waals surface area contributed by atoms with Gasteiger partial charge in [-0.3, -0.25) is 4.57 Å². The standard InChI is InChI=1S/C21H25N5O5/c1-30-12-6-5-11-3-2-4-14(13(11)7-12)21(18(29)17(28)15(8-27)31-21)26-10-25-16-19(22)23-9-24-20(16)26/h5-7,9-10,14-15,17-18,27-29H,2-4,8H2,1H3,(H2,22,23,24)/t14?,15-,17-,18-,21-/m1/s1. The van der Waals surface area contributed by atoms with Gasteiger partial charge in [-0.25, -0.2) is 15.0 Å². The first kappa shape index (κ1) is 20.1. The number of aliphatic hydroxyl groups is 3. The Morgan fingerprint density at radius 3 is 2.87 bits per heavy atom. The van der Waals surface area contributed by atoms with E-state index in [-0.39, 0.29) is 11.7 Å². The molecule has 10 heteroatoms. The van der Waals surface area contributed by atoms with E-state index in [1.54, 1.807) is 11.7 Å². The van der Waals surface area contributed by atoms with Crippen molar-refractivity contribution in [2.45, 2.75) is 49.2 Å². The van der Waals surface area contributed by atoms with Gasteiger partial charge in [0.05, 0.1) is 20.0 Å². The summed E-state index contributed by atoms with van der Waals surface area (Å²) in [6.07, 6.45) is 1.64. The van der Waals surface area contributed by atoms with Gasteiger partial charge in [0.2, 0.25) is 0 Å². The minimum absolute atomic E-state index is 0.205. The van der Waals surface area contributed by atoms with Crippen LogP contribution in [0.1, 0.15) is 29.9 Å². The molecule has 2 aromatic heterocycles. The molecule has 10 nitrogen and oxygen atoms in total. The molecule has 31 heavy (non-hydrogen) atoms. The Balaban J connectivity index is 1.77. The van der Waals surface area contributed by atoms with Crippen LogP contribution >= 0.6 is 0 Å². The minimum atomic E-state index is -1.45. The second-order valence-electron chi connectivity index (χ2n) is 8.08. The van der Waals surface area contributed by atoms with E-state index in [9.17, 15) is 15.3 Å². The number of methoxy groups -OCH3 is 1. The molecule has 1 aliphatic carbocycles. The first-order valence-electron chi connectivity index (χ1n) is 10.3. The Hall–Kier alpha value is -2.79. The van der Waals surface area contributed by atoms with Gasteiger partial charge in [-0.15, -0.1) is 0 Å². The number of nitrogens with two attached hydrogens (primary N) is 1. The van der Waals surface area contributed by atoms with E-state index >= 15 is 0 Å². The maximum Gasteiger partial charge on any atom is 0.183 e. The normalized spacial score (nSPS) is 30.5. The Morgan fingerprint density at radius 1 is 1.29 bits per heavy atom. The number of benzene rings is 1. The number of fused-ring (bicyclic) bond motifs is 2. The van der Waals surface area contributed by atoms with Crippen LogP contribution in [0.5, 0.6) is 5.75 Å². The summed E-state index contributed by atoms with van der Waals surface area (Å²) in [4.78, 5) is 12.7. The number of anilines is 1. The molecule has 1 fully saturated rings. The van der Waals surface area contributed by atoms with E-state index in [1.165, 1.54) is 12.7 Å². The Morgan fingerprint density at radius 2 is 2.13 bits per heavy atom. The predicted molar refractivity (Wildman–Crippen MR) is 110 cm³/mol. The smallest absolute Gasteiger partial charge is 0.183 e. The lowest BCUT2D eigenvalue weighted by Gasteiger charge is -2.43. The van der Waals surface area contributed by atoms with Crippen molar-refractivity contribution < 1.29 is 24.8 Å². The van der Waals surface area contributed by atoms with Crippen molar-refractivity contribution in [3.8, 4) is 5.75 Å². The topological polar surface area (TPSA) is 149 Å². The average molecular weight is 427 g/mol. The van der Waals surface area contributed by atoms with Crippen molar-refractivity contribution in [1.82, 2.24) is 19.5 Å². The highest BCUT2D eigenvalue weighted by Crippen LogP contribution is 2.52. The summed E-state index contributed by atoms with van der Waals surface area (Å²) >= 11 is 0. The SMILES string of the molecule is COc1ccc2c(c1)C([C@@]1(n3cnc4c(N)ncnc43)O[C@H](CO)[C@@H](O)[C@H]1O)CCC2. The third-order valence-electron chi connectivity index (χ3n) is 6.55. The number of hydrogen-bond acceptors (Lipinski definition) is 9. The number of imidazole rings is 1. The van der Waals surface area contributed by atoms with E-state index < -0.39 is 30.6 Å². The molecule has 0 radical (unpaired) electrons. The third kappa shape index (κ3) is 2.83. The van der Waals surface area contributed by atoms with Gasteiger partial charge in [-0.2, -0.15) is 0 Å². The lowest BCUT2D eigenvalue weighted by Crippen LogP contribution is -2.50. The van der Waals surface area contributed by atoms with E-state index in [0.29, 0.717) is 23.3 Å². The zero-order valence-corrected chi connectivity index (χ0v) is 17.0. The van der Waals surface area contributed by atoms with Crippen molar-refractivity contribution in [3.05, 3.63) is 42.0 Å². The summed E-state index contributed by atoms with van der Waals surface area (Å²) in [5.74, 6) is 0.534. The molecule has 0 saturated carbocycles. The molecule has 1 unspecified atom stereocenters. The van der Waals surface area contributed by atoms with Crippen LogP contribution < -0.4 is 10.5 Å². The molecule has 5 atom stereocenters. The number of ether oxygens (including phenoxy) is 2. The third-order valence-corrected chi connectivity index (χ3v) is 6.55. The number of aromatic nitrogens is 4. The van der Waals surface area contributed by atoms with Gasteiger partial charge < -0.3 is 30.5 Å². The Bertz CT molecular complexity index is 1120. The lowest BCUT2D eigenvalue weighted by atomic mass is 9.74. The van der Waals surface area contributed by atoms with Crippen molar-refractivity contribution in [3.63, 3.8) is 0 Å². The number of aryl methyl sites for hydroxylation is 1. The zero-order valence-electron chi connectivity index (χ0n) is 17.0. The quantitative estimate of drug-likeness (QED) is 0.461. The second-order valence-corrected chi connectivity index (χ2v) is 8.08. The summed E-state index contributed by atoms with van der Waals surface area (Å²) in [6.45, 7) is -0.443. The van der Waals surface area contributed by atoms with Crippen LogP contribution in [0.4, 0.5) is 5.82 Å². The van der Waals surface area contributed by atoms with Crippen LogP contribution in [-0.2, 0) is 16.9 Å². The van der Waals surface area contributed by atoms with Crippen LogP contribution in [-0.4, -0.2) is 66.9 Å². The lowest BCUT2D eigenvalue weighted by molar-refractivity contribution is -0.165. The van der Waals surface area contributed by atoms with Crippen LogP contribution in [0, 0.1) is 0 Å². The molecule has 0 spiro atoms. The summed E-state index contributed by atoms with van der Waals surface area (Å²) in [7, 11) is 1.60. The Labute approximate surface area is 178 Å². The second kappa shape index (κ2) is 7.41. The van der Waals surface area contributed by atoms with Gasteiger partial charge in [0.1, 0.15) is 35.9 Å². The van der Waals surface area contributed by atoms with Gasteiger partial charge in [0, 0.05) is 5.92 Å². The molecule has 5 rings (SSSR count). The van der Waals surface area contributed by atoms with E-state index in [2.05, 4.69) is 15.0 Å². The number of aliphatic hydroxyl groups excluding tert-OH is 3. The van der Waals surface area contributed by atoms with Crippen molar-refractivity contribution in [2.75, 3.05) is 19.5 Å². The molecular formula is C21H25N5O5. The highest BCUT2D eigenvalue weighted by molar-refractivity contribution is 5.81. The first-order valence-corrected chi connectivity index (χ1v) is 10.3. The average Bonchev–Trinajstić information content (AvgIpc) is 3.34. The van der Waals surface area contributed by atoms with E-state index in [0.717, 1.165) is 24.0 Å². The molecule has 0 bridgehead atoms. The molecule has 3 heterocycles. The van der Waals surface area contributed by atoms with E-state index in [1.807, 2.05) is 18.2 Å². The van der Waals surface area contributed by atoms with Crippen LogP contribution in [0.3, 0.4) is 0 Å². The van der Waals surface area contributed by atoms with Gasteiger partial charge in [-0.1, -0.05) is 6.07 Å². The van der Waals surface area contributed by atoms with Crippen LogP contribution in [0.25, 0.3) is 11.2 Å². The predicted octanol–water partition coefficient (Wildman–Crippen LogP) is 0.303. The number of hydrogen-bond donors (Lipinski definition) is 4. The van der Waals surface area contributed by atoms with Crippen LogP contribution in [0.15, 0.2) is 30.9 Å². The number of nitrogen functional groups attached to an aromatic ring is 1. The summed E-state index contributed by atoms with van der Waals surface area (Å²) in [5.41, 5.74) is 7.36. The minimum Gasteiger partial charge on any atom is -0.497 e. The molecule has 164 valence electrons. The fraction of sp³-hybridized carbons (Fsp3) is 0.476. The fourth-order valence-corrected chi connectivity index (χ4v) is 5.07. The molecule has 1 saturated heterocycles. The van der Waals surface area contributed by atoms with Crippen LogP contribution in [0.2, 0.25) is 0 Å². The fourth-order valence-electron chi connectivity index (χ4n) is 5.07. The number of rotatable bonds is 4. The largest absolute Gasteiger partial charge is 0.497 e. The summed E-state index contributed by atoms with van der Waals surface area (Å²) < 4.78 is 13.4. The van der Waals surface area contributed by atoms with Gasteiger partial charge in [0.15, 0.2) is 17.2 Å². The highest BCUT2D eigenvalue weighted by Gasteiger charge is 2.60. The first-order chi connectivity index (χ1) is 15.0. The van der Waals surface area contributed by atoms with Crippen molar-refractivity contribution >= 4 is 17.0 Å². The Kier molecular flexibility index (Phi) is 4.82.